The van der Waals surface area contributed by atoms with E-state index in [-0.39, 0.29) is 10.8 Å². The van der Waals surface area contributed by atoms with Crippen molar-refractivity contribution in [3.63, 3.8) is 0 Å². The number of hydrogen-bond donors (Lipinski definition) is 1. The number of nitrogens with one attached hydrogen (secondary N) is 1. The molecule has 20 heavy (non-hydrogen) atoms. The first-order chi connectivity index (χ1) is 9.40. The maximum atomic E-state index is 12.8. The van der Waals surface area contributed by atoms with E-state index in [0.29, 0.717) is 10.0 Å². The monoisotopic (exact) mass is 319 g/mol. The van der Waals surface area contributed by atoms with E-state index in [9.17, 15) is 13.2 Å². The van der Waals surface area contributed by atoms with Crippen molar-refractivity contribution in [2.24, 2.45) is 0 Å². The van der Waals surface area contributed by atoms with Gasteiger partial charge in [0, 0.05) is 13.2 Å². The standard InChI is InChI=1S/C12H9ClF3N3S/c1-17-9-5-7(12(14,15)16)6-10(19-9)20-11-8(13)3-2-4-18-11/h2-6H,1H3,(H,17,19). The Morgan fingerprint density at radius 2 is 2.05 bits per heavy atom. The molecule has 2 heterocycles. The van der Waals surface area contributed by atoms with E-state index in [0.717, 1.165) is 23.9 Å². The Labute approximate surface area is 122 Å². The summed E-state index contributed by atoms with van der Waals surface area (Å²) in [6.45, 7) is 0. The van der Waals surface area contributed by atoms with Gasteiger partial charge in [0.15, 0.2) is 0 Å². The highest BCUT2D eigenvalue weighted by Crippen LogP contribution is 2.36. The van der Waals surface area contributed by atoms with E-state index < -0.39 is 11.7 Å². The van der Waals surface area contributed by atoms with E-state index >= 15 is 0 Å². The predicted molar refractivity (Wildman–Crippen MR) is 72.2 cm³/mol. The third-order valence-electron chi connectivity index (χ3n) is 2.31. The first-order valence-electron chi connectivity index (χ1n) is 5.45. The first kappa shape index (κ1) is 14.9. The van der Waals surface area contributed by atoms with Crippen LogP contribution in [0.3, 0.4) is 0 Å². The lowest BCUT2D eigenvalue weighted by Gasteiger charge is -2.11. The van der Waals surface area contributed by atoms with Gasteiger partial charge in [0.1, 0.15) is 15.9 Å². The topological polar surface area (TPSA) is 37.8 Å². The lowest BCUT2D eigenvalue weighted by molar-refractivity contribution is -0.137. The Morgan fingerprint density at radius 3 is 2.65 bits per heavy atom. The minimum Gasteiger partial charge on any atom is -0.373 e. The van der Waals surface area contributed by atoms with Crippen LogP contribution < -0.4 is 5.32 Å². The summed E-state index contributed by atoms with van der Waals surface area (Å²) in [5, 5.41) is 3.54. The highest BCUT2D eigenvalue weighted by molar-refractivity contribution is 7.99. The van der Waals surface area contributed by atoms with Crippen molar-refractivity contribution in [1.82, 2.24) is 9.97 Å². The van der Waals surface area contributed by atoms with Crippen LogP contribution in [0, 0.1) is 0 Å². The summed E-state index contributed by atoms with van der Waals surface area (Å²) in [6.07, 6.45) is -2.92. The average Bonchev–Trinajstić information content (AvgIpc) is 2.40. The van der Waals surface area contributed by atoms with Gasteiger partial charge in [0.25, 0.3) is 0 Å². The second-order valence-electron chi connectivity index (χ2n) is 3.72. The molecule has 3 nitrogen and oxygen atoms in total. The van der Waals surface area contributed by atoms with Crippen LogP contribution in [0.5, 0.6) is 0 Å². The highest BCUT2D eigenvalue weighted by Gasteiger charge is 2.31. The van der Waals surface area contributed by atoms with Crippen LogP contribution >= 0.6 is 23.4 Å². The normalized spacial score (nSPS) is 11.4. The number of aromatic nitrogens is 2. The van der Waals surface area contributed by atoms with Gasteiger partial charge in [-0.3, -0.25) is 0 Å². The summed E-state index contributed by atoms with van der Waals surface area (Å²) >= 11 is 6.91. The molecule has 0 saturated carbocycles. The maximum absolute atomic E-state index is 12.8. The largest absolute Gasteiger partial charge is 0.416 e. The zero-order valence-electron chi connectivity index (χ0n) is 10.2. The first-order valence-corrected chi connectivity index (χ1v) is 6.65. The predicted octanol–water partition coefficient (Wildman–Crippen LogP) is 4.34. The highest BCUT2D eigenvalue weighted by atomic mass is 35.5. The number of nitrogens with zero attached hydrogens (tertiary/aromatic N) is 2. The van der Waals surface area contributed by atoms with Crippen LogP contribution in [0.2, 0.25) is 5.02 Å². The molecule has 0 atom stereocenters. The van der Waals surface area contributed by atoms with E-state index in [2.05, 4.69) is 15.3 Å². The maximum Gasteiger partial charge on any atom is 0.416 e. The van der Waals surface area contributed by atoms with Crippen molar-refractivity contribution in [2.75, 3.05) is 12.4 Å². The van der Waals surface area contributed by atoms with Crippen molar-refractivity contribution in [3.8, 4) is 0 Å². The van der Waals surface area contributed by atoms with Crippen LogP contribution in [-0.4, -0.2) is 17.0 Å². The van der Waals surface area contributed by atoms with Gasteiger partial charge in [-0.1, -0.05) is 11.6 Å². The number of anilines is 1. The molecule has 8 heteroatoms. The van der Waals surface area contributed by atoms with Crippen molar-refractivity contribution in [3.05, 3.63) is 41.0 Å². The number of alkyl halides is 3. The van der Waals surface area contributed by atoms with E-state index in [1.165, 1.54) is 13.2 Å². The number of rotatable bonds is 3. The van der Waals surface area contributed by atoms with Crippen LogP contribution in [0.15, 0.2) is 40.5 Å². The van der Waals surface area contributed by atoms with E-state index in [1.54, 1.807) is 12.1 Å². The Morgan fingerprint density at radius 1 is 1.30 bits per heavy atom. The molecule has 0 bridgehead atoms. The third-order valence-corrected chi connectivity index (χ3v) is 3.67. The third kappa shape index (κ3) is 3.55. The summed E-state index contributed by atoms with van der Waals surface area (Å²) in [5.41, 5.74) is -0.772. The molecule has 0 fully saturated rings. The van der Waals surface area contributed by atoms with Crippen molar-refractivity contribution < 1.29 is 13.2 Å². The fourth-order valence-corrected chi connectivity index (χ4v) is 2.44. The molecule has 0 aromatic carbocycles. The van der Waals surface area contributed by atoms with Gasteiger partial charge in [-0.2, -0.15) is 13.2 Å². The minimum absolute atomic E-state index is 0.134. The Hall–Kier alpha value is -1.47. The molecule has 1 N–H and O–H groups in total. The molecule has 2 rings (SSSR count). The molecule has 0 aliphatic rings. The molecule has 0 spiro atoms. The molecule has 2 aromatic heterocycles. The van der Waals surface area contributed by atoms with Crippen molar-refractivity contribution >= 4 is 29.2 Å². The Bertz CT molecular complexity index is 619. The Balaban J connectivity index is 2.39. The van der Waals surface area contributed by atoms with Gasteiger partial charge in [-0.15, -0.1) is 0 Å². The average molecular weight is 320 g/mol. The molecule has 0 amide bonds. The molecule has 0 aliphatic carbocycles. The number of hydrogen-bond acceptors (Lipinski definition) is 4. The second kappa shape index (κ2) is 5.88. The smallest absolute Gasteiger partial charge is 0.373 e. The summed E-state index contributed by atoms with van der Waals surface area (Å²) in [6, 6.07) is 5.18. The van der Waals surface area contributed by atoms with Gasteiger partial charge in [-0.05, 0) is 36.0 Å². The summed E-state index contributed by atoms with van der Waals surface area (Å²) in [4.78, 5) is 8.07. The van der Waals surface area contributed by atoms with Crippen LogP contribution in [0.4, 0.5) is 19.0 Å². The fourth-order valence-electron chi connectivity index (χ4n) is 1.39. The van der Waals surface area contributed by atoms with Crippen LogP contribution in [-0.2, 0) is 6.18 Å². The summed E-state index contributed by atoms with van der Waals surface area (Å²) in [5.74, 6) is 0.134. The van der Waals surface area contributed by atoms with Gasteiger partial charge in [-0.25, -0.2) is 9.97 Å². The van der Waals surface area contributed by atoms with Crippen LogP contribution in [0.25, 0.3) is 0 Å². The molecule has 0 unspecified atom stereocenters. The summed E-state index contributed by atoms with van der Waals surface area (Å²) < 4.78 is 38.4. The van der Waals surface area contributed by atoms with Gasteiger partial charge in [0.05, 0.1) is 10.6 Å². The SMILES string of the molecule is CNc1cc(C(F)(F)F)cc(Sc2ncccc2Cl)n1. The number of pyridine rings is 2. The zero-order chi connectivity index (χ0) is 14.8. The lowest BCUT2D eigenvalue weighted by Crippen LogP contribution is -2.07. The molecular weight excluding hydrogens is 311 g/mol. The molecule has 0 aliphatic heterocycles. The molecule has 0 saturated heterocycles. The second-order valence-corrected chi connectivity index (χ2v) is 5.14. The van der Waals surface area contributed by atoms with Crippen molar-refractivity contribution in [1.29, 1.82) is 0 Å². The molecule has 2 aromatic rings. The minimum atomic E-state index is -4.43. The van der Waals surface area contributed by atoms with Gasteiger partial charge >= 0.3 is 6.18 Å². The summed E-state index contributed by atoms with van der Waals surface area (Å²) in [7, 11) is 1.50. The number of halogens is 4. The Kier molecular flexibility index (Phi) is 4.39. The quantitative estimate of drug-likeness (QED) is 0.913. The molecule has 0 radical (unpaired) electrons. The molecule has 106 valence electrons. The van der Waals surface area contributed by atoms with Crippen molar-refractivity contribution in [2.45, 2.75) is 16.2 Å². The fraction of sp³-hybridized carbons (Fsp3) is 0.167. The van der Waals surface area contributed by atoms with E-state index in [1.807, 2.05) is 0 Å². The van der Waals surface area contributed by atoms with Gasteiger partial charge < -0.3 is 5.32 Å². The lowest BCUT2D eigenvalue weighted by atomic mass is 10.2. The van der Waals surface area contributed by atoms with Crippen LogP contribution in [0.1, 0.15) is 5.56 Å². The molecular formula is C12H9ClF3N3S. The zero-order valence-corrected chi connectivity index (χ0v) is 11.8. The van der Waals surface area contributed by atoms with E-state index in [4.69, 9.17) is 11.6 Å². The van der Waals surface area contributed by atoms with Gasteiger partial charge in [0.2, 0.25) is 0 Å².